The second kappa shape index (κ2) is 7.19. The highest BCUT2D eigenvalue weighted by atomic mass is 32.2. The molecule has 0 atom stereocenters. The van der Waals surface area contributed by atoms with E-state index in [1.54, 1.807) is 0 Å². The normalized spacial score (nSPS) is 12.5. The van der Waals surface area contributed by atoms with Crippen molar-refractivity contribution in [1.82, 2.24) is 0 Å². The quantitative estimate of drug-likeness (QED) is 0.478. The first-order chi connectivity index (χ1) is 11.9. The molecule has 0 bridgehead atoms. The molecule has 0 spiro atoms. The van der Waals surface area contributed by atoms with Crippen LogP contribution in [0.3, 0.4) is 0 Å². The molecule has 0 aliphatic carbocycles. The molecule has 0 aliphatic rings. The molecule has 0 unspecified atom stereocenters. The van der Waals surface area contributed by atoms with Gasteiger partial charge in [0.25, 0.3) is 0 Å². The summed E-state index contributed by atoms with van der Waals surface area (Å²) in [5.74, 6) is 0.533. The zero-order chi connectivity index (χ0) is 17.9. The minimum absolute atomic E-state index is 0.102. The first kappa shape index (κ1) is 17.4. The van der Waals surface area contributed by atoms with E-state index >= 15 is 0 Å². The van der Waals surface area contributed by atoms with E-state index in [4.69, 9.17) is 5.73 Å². The standard InChI is InChI=1S/C19H15F3N2S/c20-19(21,22)16-10-3-4-11-17(16)24-18(23)25-12-14-8-5-7-13-6-1-2-9-15(13)14/h1-11H,12H2,(H2,23,24). The van der Waals surface area contributed by atoms with E-state index in [1.807, 2.05) is 42.5 Å². The maximum Gasteiger partial charge on any atom is 0.418 e. The van der Waals surface area contributed by atoms with Gasteiger partial charge in [-0.2, -0.15) is 13.2 Å². The van der Waals surface area contributed by atoms with Gasteiger partial charge in [-0.3, -0.25) is 0 Å². The summed E-state index contributed by atoms with van der Waals surface area (Å²) < 4.78 is 39.0. The van der Waals surface area contributed by atoms with Crippen LogP contribution in [0.5, 0.6) is 0 Å². The molecule has 0 radical (unpaired) electrons. The summed E-state index contributed by atoms with van der Waals surface area (Å²) in [4.78, 5) is 3.96. The van der Waals surface area contributed by atoms with Gasteiger partial charge in [-0.15, -0.1) is 0 Å². The lowest BCUT2D eigenvalue weighted by Gasteiger charge is -2.10. The van der Waals surface area contributed by atoms with E-state index in [1.165, 1.54) is 30.0 Å². The molecule has 0 saturated heterocycles. The smallest absolute Gasteiger partial charge is 0.378 e. The Morgan fingerprint density at radius 3 is 2.40 bits per heavy atom. The molecule has 0 heterocycles. The van der Waals surface area contributed by atoms with Crippen LogP contribution in [-0.4, -0.2) is 5.17 Å². The van der Waals surface area contributed by atoms with Crippen molar-refractivity contribution in [2.75, 3.05) is 0 Å². The minimum atomic E-state index is -4.46. The van der Waals surface area contributed by atoms with Gasteiger partial charge < -0.3 is 5.73 Å². The lowest BCUT2D eigenvalue weighted by molar-refractivity contribution is -0.137. The maximum absolute atomic E-state index is 13.0. The highest BCUT2D eigenvalue weighted by Crippen LogP contribution is 2.36. The fourth-order valence-corrected chi connectivity index (χ4v) is 3.25. The van der Waals surface area contributed by atoms with Gasteiger partial charge >= 0.3 is 6.18 Å². The van der Waals surface area contributed by atoms with Crippen molar-refractivity contribution in [2.45, 2.75) is 11.9 Å². The predicted octanol–water partition coefficient (Wildman–Crippen LogP) is 5.74. The highest BCUT2D eigenvalue weighted by molar-refractivity contribution is 8.13. The van der Waals surface area contributed by atoms with Gasteiger partial charge in [-0.05, 0) is 28.5 Å². The van der Waals surface area contributed by atoms with Crippen LogP contribution in [0, 0.1) is 0 Å². The number of thioether (sulfide) groups is 1. The summed E-state index contributed by atoms with van der Waals surface area (Å²) in [6.07, 6.45) is -4.46. The third-order valence-electron chi connectivity index (χ3n) is 3.70. The Balaban J connectivity index is 1.81. The van der Waals surface area contributed by atoms with Crippen molar-refractivity contribution in [3.05, 3.63) is 77.9 Å². The predicted molar refractivity (Wildman–Crippen MR) is 98.0 cm³/mol. The average Bonchev–Trinajstić information content (AvgIpc) is 2.59. The average molecular weight is 360 g/mol. The zero-order valence-corrected chi connectivity index (χ0v) is 13.9. The maximum atomic E-state index is 13.0. The number of amidine groups is 1. The fraction of sp³-hybridized carbons (Fsp3) is 0.105. The van der Waals surface area contributed by atoms with Crippen LogP contribution in [0.1, 0.15) is 11.1 Å². The summed E-state index contributed by atoms with van der Waals surface area (Å²) in [6.45, 7) is 0. The van der Waals surface area contributed by atoms with Gasteiger partial charge in [-0.1, -0.05) is 66.4 Å². The highest BCUT2D eigenvalue weighted by Gasteiger charge is 2.33. The molecule has 0 aliphatic heterocycles. The van der Waals surface area contributed by atoms with E-state index in [2.05, 4.69) is 4.99 Å². The number of rotatable bonds is 3. The third kappa shape index (κ3) is 4.14. The van der Waals surface area contributed by atoms with Crippen molar-refractivity contribution in [3.8, 4) is 0 Å². The zero-order valence-electron chi connectivity index (χ0n) is 13.1. The fourth-order valence-electron chi connectivity index (χ4n) is 2.53. The van der Waals surface area contributed by atoms with E-state index in [9.17, 15) is 13.2 Å². The number of halogens is 3. The van der Waals surface area contributed by atoms with E-state index in [-0.39, 0.29) is 10.9 Å². The number of benzene rings is 3. The van der Waals surface area contributed by atoms with Crippen molar-refractivity contribution < 1.29 is 13.2 Å². The first-order valence-corrected chi connectivity index (χ1v) is 8.53. The van der Waals surface area contributed by atoms with Crippen molar-refractivity contribution in [2.24, 2.45) is 10.7 Å². The Kier molecular flexibility index (Phi) is 4.99. The molecule has 25 heavy (non-hydrogen) atoms. The Morgan fingerprint density at radius 2 is 1.60 bits per heavy atom. The molecule has 2 nitrogen and oxygen atoms in total. The molecular formula is C19H15F3N2S. The number of fused-ring (bicyclic) bond motifs is 1. The van der Waals surface area contributed by atoms with Crippen molar-refractivity contribution in [3.63, 3.8) is 0 Å². The Labute approximate surface area is 147 Å². The van der Waals surface area contributed by atoms with Gasteiger partial charge in [0.05, 0.1) is 11.3 Å². The van der Waals surface area contributed by atoms with Crippen LogP contribution >= 0.6 is 11.8 Å². The molecule has 6 heteroatoms. The van der Waals surface area contributed by atoms with Gasteiger partial charge in [-0.25, -0.2) is 4.99 Å². The molecule has 0 amide bonds. The van der Waals surface area contributed by atoms with Crippen molar-refractivity contribution >= 4 is 33.4 Å². The topological polar surface area (TPSA) is 38.4 Å². The second-order valence-corrected chi connectivity index (χ2v) is 6.39. The summed E-state index contributed by atoms with van der Waals surface area (Å²) in [7, 11) is 0. The largest absolute Gasteiger partial charge is 0.418 e. The molecule has 3 aromatic carbocycles. The van der Waals surface area contributed by atoms with Gasteiger partial charge in [0.15, 0.2) is 5.17 Å². The molecule has 128 valence electrons. The Hall–Kier alpha value is -2.47. The number of alkyl halides is 3. The monoisotopic (exact) mass is 360 g/mol. The van der Waals surface area contributed by atoms with E-state index in [0.29, 0.717) is 5.75 Å². The van der Waals surface area contributed by atoms with Crippen LogP contribution in [0.15, 0.2) is 71.7 Å². The van der Waals surface area contributed by atoms with E-state index < -0.39 is 11.7 Å². The number of para-hydroxylation sites is 1. The molecule has 3 aromatic rings. The lowest BCUT2D eigenvalue weighted by atomic mass is 10.1. The van der Waals surface area contributed by atoms with Crippen molar-refractivity contribution in [1.29, 1.82) is 0 Å². The number of nitrogens with zero attached hydrogens (tertiary/aromatic N) is 1. The van der Waals surface area contributed by atoms with Gasteiger partial charge in [0.2, 0.25) is 0 Å². The Bertz CT molecular complexity index is 914. The molecule has 0 aromatic heterocycles. The molecule has 0 fully saturated rings. The molecule has 0 saturated carbocycles. The van der Waals surface area contributed by atoms with E-state index in [0.717, 1.165) is 22.4 Å². The van der Waals surface area contributed by atoms with Crippen LogP contribution in [-0.2, 0) is 11.9 Å². The van der Waals surface area contributed by atoms with Crippen LogP contribution in [0.25, 0.3) is 10.8 Å². The summed E-state index contributed by atoms with van der Waals surface area (Å²) in [5, 5.41) is 2.31. The van der Waals surface area contributed by atoms with Gasteiger partial charge in [0, 0.05) is 5.75 Å². The lowest BCUT2D eigenvalue weighted by Crippen LogP contribution is -2.09. The van der Waals surface area contributed by atoms with Crippen LogP contribution < -0.4 is 5.73 Å². The van der Waals surface area contributed by atoms with Gasteiger partial charge in [0.1, 0.15) is 0 Å². The van der Waals surface area contributed by atoms with Crippen LogP contribution in [0.2, 0.25) is 0 Å². The minimum Gasteiger partial charge on any atom is -0.378 e. The van der Waals surface area contributed by atoms with Crippen LogP contribution in [0.4, 0.5) is 18.9 Å². The summed E-state index contributed by atoms with van der Waals surface area (Å²) in [5.41, 5.74) is 5.96. The number of hydrogen-bond acceptors (Lipinski definition) is 2. The molecular weight excluding hydrogens is 345 g/mol. The summed E-state index contributed by atoms with van der Waals surface area (Å²) >= 11 is 1.22. The second-order valence-electron chi connectivity index (χ2n) is 5.39. The SMILES string of the molecule is NC(=Nc1ccccc1C(F)(F)F)SCc1cccc2ccccc12. The molecule has 2 N–H and O–H groups in total. The third-order valence-corrected chi connectivity index (χ3v) is 4.54. The number of hydrogen-bond donors (Lipinski definition) is 1. The first-order valence-electron chi connectivity index (χ1n) is 7.55. The molecule has 3 rings (SSSR count). The number of aliphatic imine (C=N–C) groups is 1. The Morgan fingerprint density at radius 1 is 0.920 bits per heavy atom. The number of nitrogens with two attached hydrogens (primary N) is 1. The summed E-state index contributed by atoms with van der Waals surface area (Å²) in [6, 6.07) is 19.0.